The maximum atomic E-state index is 13.4. The summed E-state index contributed by atoms with van der Waals surface area (Å²) in [6.45, 7) is 5.45. The molecule has 0 radical (unpaired) electrons. The Bertz CT molecular complexity index is 961. The van der Waals surface area contributed by atoms with E-state index in [1.165, 1.54) is 0 Å². The Kier molecular flexibility index (Phi) is 6.30. The minimum absolute atomic E-state index is 0.0969. The Morgan fingerprint density at radius 1 is 1.00 bits per heavy atom. The predicted octanol–water partition coefficient (Wildman–Crippen LogP) is 6.22. The molecule has 7 heteroatoms. The molecule has 0 saturated heterocycles. The van der Waals surface area contributed by atoms with E-state index in [2.05, 4.69) is 18.8 Å². The Balaban J connectivity index is 2.25. The van der Waals surface area contributed by atoms with Crippen LogP contribution in [0.25, 0.3) is 16.9 Å². The highest BCUT2D eigenvalue weighted by Crippen LogP contribution is 2.31. The van der Waals surface area contributed by atoms with Crippen LogP contribution >= 0.6 is 34.8 Å². The quantitative estimate of drug-likeness (QED) is 0.440. The van der Waals surface area contributed by atoms with E-state index in [9.17, 15) is 4.79 Å². The second kappa shape index (κ2) is 8.51. The normalized spacial score (nSPS) is 11.1. The van der Waals surface area contributed by atoms with E-state index in [1.54, 1.807) is 28.7 Å². The van der Waals surface area contributed by atoms with Gasteiger partial charge in [-0.2, -0.15) is 0 Å². The largest absolute Gasteiger partial charge is 0.337 e. The monoisotopic (exact) mass is 423 g/mol. The van der Waals surface area contributed by atoms with Crippen LogP contribution in [-0.2, 0) is 0 Å². The van der Waals surface area contributed by atoms with Crippen molar-refractivity contribution in [2.24, 2.45) is 0 Å². The number of halogens is 3. The third-order valence-corrected chi connectivity index (χ3v) is 4.98. The summed E-state index contributed by atoms with van der Waals surface area (Å²) in [7, 11) is 0. The maximum absolute atomic E-state index is 13.4. The molecule has 0 unspecified atom stereocenters. The second-order valence-corrected chi connectivity index (χ2v) is 7.56. The van der Waals surface area contributed by atoms with Crippen LogP contribution < -0.4 is 0 Å². The third-order valence-electron chi connectivity index (χ3n) is 4.24. The molecule has 0 N–H and O–H groups in total. The Morgan fingerprint density at radius 2 is 1.63 bits per heavy atom. The van der Waals surface area contributed by atoms with Crippen LogP contribution in [0.15, 0.2) is 36.4 Å². The number of carbonyl (C=O) groups excluding carboxylic acids is 1. The number of amides is 1. The van der Waals surface area contributed by atoms with Gasteiger partial charge in [0.05, 0.1) is 0 Å². The fraction of sp³-hybridized carbons (Fsp3) is 0.300. The summed E-state index contributed by atoms with van der Waals surface area (Å²) in [5, 5.41) is 1.44. The maximum Gasteiger partial charge on any atom is 0.273 e. The molecule has 142 valence electrons. The molecule has 0 aliphatic rings. The average Bonchev–Trinajstić information content (AvgIpc) is 3.01. The van der Waals surface area contributed by atoms with E-state index in [0.717, 1.165) is 18.4 Å². The summed E-state index contributed by atoms with van der Waals surface area (Å²) in [4.78, 5) is 19.9. The summed E-state index contributed by atoms with van der Waals surface area (Å²) in [5.74, 6) is -0.0969. The van der Waals surface area contributed by atoms with Crippen LogP contribution in [-0.4, -0.2) is 33.3 Å². The van der Waals surface area contributed by atoms with E-state index >= 15 is 0 Å². The number of fused-ring (bicyclic) bond motifs is 1. The van der Waals surface area contributed by atoms with Crippen LogP contribution in [0.2, 0.25) is 15.2 Å². The third kappa shape index (κ3) is 4.08. The molecule has 2 aromatic heterocycles. The van der Waals surface area contributed by atoms with Crippen LogP contribution in [0.4, 0.5) is 0 Å². The van der Waals surface area contributed by atoms with Gasteiger partial charge < -0.3 is 4.90 Å². The summed E-state index contributed by atoms with van der Waals surface area (Å²) in [6.07, 6.45) is 1.75. The number of nitrogens with zero attached hydrogens (tertiary/aromatic N) is 3. The first-order valence-corrected chi connectivity index (χ1v) is 10.0. The molecule has 0 atom stereocenters. The summed E-state index contributed by atoms with van der Waals surface area (Å²) < 4.78 is 1.66. The highest BCUT2D eigenvalue weighted by atomic mass is 35.5. The lowest BCUT2D eigenvalue weighted by Gasteiger charge is -2.22. The van der Waals surface area contributed by atoms with Gasteiger partial charge in [-0.15, -0.1) is 0 Å². The van der Waals surface area contributed by atoms with E-state index in [4.69, 9.17) is 34.8 Å². The van der Waals surface area contributed by atoms with Gasteiger partial charge >= 0.3 is 0 Å². The topological polar surface area (TPSA) is 37.6 Å². The molecule has 0 saturated carbocycles. The first kappa shape index (κ1) is 20.0. The highest BCUT2D eigenvalue weighted by Gasteiger charge is 2.26. The SMILES string of the molecule is CCCN(CCC)C(=O)c1c(-c2ccc(Cl)cc2)nc2cc(Cl)cc(Cl)n12. The minimum atomic E-state index is -0.0969. The van der Waals surface area contributed by atoms with E-state index < -0.39 is 0 Å². The second-order valence-electron chi connectivity index (χ2n) is 6.30. The van der Waals surface area contributed by atoms with E-state index in [1.807, 2.05) is 17.0 Å². The number of benzene rings is 1. The number of aromatic nitrogens is 2. The number of imidazole rings is 1. The molecule has 3 rings (SSSR count). The molecule has 2 heterocycles. The van der Waals surface area contributed by atoms with Crippen LogP contribution in [0.5, 0.6) is 0 Å². The summed E-state index contributed by atoms with van der Waals surface area (Å²) in [5.41, 5.74) is 2.34. The van der Waals surface area contributed by atoms with Crippen LogP contribution in [0.3, 0.4) is 0 Å². The van der Waals surface area contributed by atoms with E-state index in [-0.39, 0.29) is 5.91 Å². The van der Waals surface area contributed by atoms with Crippen LogP contribution in [0.1, 0.15) is 37.2 Å². The molecule has 0 fully saturated rings. The van der Waals surface area contributed by atoms with Crippen molar-refractivity contribution in [2.75, 3.05) is 13.1 Å². The number of carbonyl (C=O) groups is 1. The lowest BCUT2D eigenvalue weighted by Crippen LogP contribution is -2.33. The molecule has 1 aromatic carbocycles. The fourth-order valence-corrected chi connectivity index (χ4v) is 3.78. The van der Waals surface area contributed by atoms with Crippen molar-refractivity contribution in [3.8, 4) is 11.3 Å². The molecule has 1 amide bonds. The fourth-order valence-electron chi connectivity index (χ4n) is 3.10. The van der Waals surface area contributed by atoms with Crippen LogP contribution in [0, 0.1) is 0 Å². The number of pyridine rings is 1. The Morgan fingerprint density at radius 3 is 2.22 bits per heavy atom. The van der Waals surface area contributed by atoms with Crippen molar-refractivity contribution in [3.05, 3.63) is 57.3 Å². The zero-order valence-corrected chi connectivity index (χ0v) is 17.4. The first-order chi connectivity index (χ1) is 13.0. The average molecular weight is 425 g/mol. The number of hydrogen-bond acceptors (Lipinski definition) is 2. The standard InChI is InChI=1S/C20H20Cl3N3O/c1-3-9-25(10-4-2)20(27)19-18(13-5-7-14(21)8-6-13)24-17-12-15(22)11-16(23)26(17)19/h5-8,11-12H,3-4,9-10H2,1-2H3. The van der Waals surface area contributed by atoms with Crippen molar-refractivity contribution >= 4 is 46.4 Å². The predicted molar refractivity (Wildman–Crippen MR) is 112 cm³/mol. The molecular weight excluding hydrogens is 405 g/mol. The van der Waals surface area contributed by atoms with E-state index in [0.29, 0.717) is 45.3 Å². The van der Waals surface area contributed by atoms with Gasteiger partial charge in [0.2, 0.25) is 0 Å². The van der Waals surface area contributed by atoms with Gasteiger partial charge in [-0.05, 0) is 31.0 Å². The molecule has 27 heavy (non-hydrogen) atoms. The zero-order chi connectivity index (χ0) is 19.6. The number of rotatable bonds is 6. The minimum Gasteiger partial charge on any atom is -0.337 e. The molecule has 3 aromatic rings. The molecule has 0 spiro atoms. The van der Waals surface area contributed by atoms with Gasteiger partial charge in [-0.3, -0.25) is 9.20 Å². The smallest absolute Gasteiger partial charge is 0.273 e. The molecular formula is C20H20Cl3N3O. The van der Waals surface area contributed by atoms with Crippen molar-refractivity contribution in [2.45, 2.75) is 26.7 Å². The lowest BCUT2D eigenvalue weighted by molar-refractivity contribution is 0.0749. The molecule has 0 aliphatic carbocycles. The highest BCUT2D eigenvalue weighted by molar-refractivity contribution is 6.34. The van der Waals surface area contributed by atoms with Gasteiger partial charge in [0.1, 0.15) is 22.2 Å². The first-order valence-electron chi connectivity index (χ1n) is 8.89. The van der Waals surface area contributed by atoms with Gasteiger partial charge in [0.25, 0.3) is 5.91 Å². The summed E-state index contributed by atoms with van der Waals surface area (Å²) >= 11 is 18.6. The Hall–Kier alpha value is -1.75. The van der Waals surface area contributed by atoms with Gasteiger partial charge in [0, 0.05) is 34.8 Å². The zero-order valence-electron chi connectivity index (χ0n) is 15.2. The lowest BCUT2D eigenvalue weighted by atomic mass is 10.1. The van der Waals surface area contributed by atoms with Crippen molar-refractivity contribution in [3.63, 3.8) is 0 Å². The van der Waals surface area contributed by atoms with Crippen molar-refractivity contribution in [1.82, 2.24) is 14.3 Å². The van der Waals surface area contributed by atoms with Crippen molar-refractivity contribution in [1.29, 1.82) is 0 Å². The van der Waals surface area contributed by atoms with Gasteiger partial charge in [-0.25, -0.2) is 4.98 Å². The van der Waals surface area contributed by atoms with Crippen molar-refractivity contribution < 1.29 is 4.79 Å². The molecule has 0 bridgehead atoms. The molecule has 4 nitrogen and oxygen atoms in total. The van der Waals surface area contributed by atoms with Gasteiger partial charge in [0.15, 0.2) is 0 Å². The van der Waals surface area contributed by atoms with Gasteiger partial charge in [-0.1, -0.05) is 60.8 Å². The summed E-state index contributed by atoms with van der Waals surface area (Å²) in [6, 6.07) is 10.6. The molecule has 0 aliphatic heterocycles. The Labute approximate surface area is 173 Å². The number of hydrogen-bond donors (Lipinski definition) is 0.